The predicted octanol–water partition coefficient (Wildman–Crippen LogP) is 5.47. The fourth-order valence-corrected chi connectivity index (χ4v) is 5.96. The van der Waals surface area contributed by atoms with Gasteiger partial charge in [0.1, 0.15) is 0 Å². The van der Waals surface area contributed by atoms with E-state index in [-0.39, 0.29) is 24.7 Å². The van der Waals surface area contributed by atoms with Crippen molar-refractivity contribution in [3.8, 4) is 0 Å². The summed E-state index contributed by atoms with van der Waals surface area (Å²) in [7, 11) is 0. The molecule has 2 saturated heterocycles. The molecular weight excluding hydrogens is 550 g/mol. The smallest absolute Gasteiger partial charge is 0.251 e. The Morgan fingerprint density at radius 2 is 1.32 bits per heavy atom. The molecule has 2 aliphatic rings. The Hall–Kier alpha value is -3.85. The van der Waals surface area contributed by atoms with Crippen molar-refractivity contribution in [2.75, 3.05) is 32.7 Å². The topological polar surface area (TPSA) is 74.3 Å². The lowest BCUT2D eigenvalue weighted by Crippen LogP contribution is -2.49. The van der Waals surface area contributed by atoms with Crippen LogP contribution in [-0.2, 0) is 29.2 Å². The van der Waals surface area contributed by atoms with Crippen LogP contribution in [0.3, 0.4) is 0 Å². The van der Waals surface area contributed by atoms with Gasteiger partial charge in [0, 0.05) is 63.4 Å². The quantitative estimate of drug-likeness (QED) is 0.255. The van der Waals surface area contributed by atoms with Gasteiger partial charge >= 0.3 is 0 Å². The molecule has 4 aromatic carbocycles. The van der Waals surface area contributed by atoms with Gasteiger partial charge in [-0.15, -0.1) is 0 Å². The zero-order valence-electron chi connectivity index (χ0n) is 25.1. The lowest BCUT2D eigenvalue weighted by atomic mass is 9.99. The number of aliphatic hydroxyl groups excluding tert-OH is 1. The summed E-state index contributed by atoms with van der Waals surface area (Å²) in [6.45, 7) is 6.41. The average Bonchev–Trinajstić information content (AvgIpc) is 3.09. The summed E-state index contributed by atoms with van der Waals surface area (Å²) in [4.78, 5) is 17.5. The van der Waals surface area contributed by atoms with E-state index < -0.39 is 6.29 Å². The number of amides is 1. The van der Waals surface area contributed by atoms with E-state index in [9.17, 15) is 9.90 Å². The van der Waals surface area contributed by atoms with Gasteiger partial charge in [-0.25, -0.2) is 0 Å². The van der Waals surface area contributed by atoms with Crippen LogP contribution >= 0.6 is 0 Å². The maximum atomic E-state index is 12.5. The van der Waals surface area contributed by atoms with Crippen molar-refractivity contribution in [3.05, 3.63) is 143 Å². The number of nitrogens with zero attached hydrogens (tertiary/aromatic N) is 2. The van der Waals surface area contributed by atoms with Gasteiger partial charge in [-0.2, -0.15) is 0 Å². The first kappa shape index (κ1) is 30.2. The van der Waals surface area contributed by atoms with Gasteiger partial charge < -0.3 is 19.9 Å². The van der Waals surface area contributed by atoms with Crippen molar-refractivity contribution in [1.29, 1.82) is 0 Å². The van der Waals surface area contributed by atoms with Crippen molar-refractivity contribution < 1.29 is 19.4 Å². The second-order valence-electron chi connectivity index (χ2n) is 11.7. The molecule has 7 heteroatoms. The third-order valence-corrected chi connectivity index (χ3v) is 8.53. The predicted molar refractivity (Wildman–Crippen MR) is 171 cm³/mol. The van der Waals surface area contributed by atoms with Crippen molar-refractivity contribution in [2.24, 2.45) is 0 Å². The van der Waals surface area contributed by atoms with Crippen LogP contribution in [0.25, 0.3) is 0 Å². The van der Waals surface area contributed by atoms with Crippen LogP contribution in [0.15, 0.2) is 109 Å². The van der Waals surface area contributed by atoms with E-state index in [4.69, 9.17) is 9.47 Å². The Labute approximate surface area is 260 Å². The zero-order chi connectivity index (χ0) is 30.1. The summed E-state index contributed by atoms with van der Waals surface area (Å²) in [5, 5.41) is 12.5. The Balaban J connectivity index is 1.09. The summed E-state index contributed by atoms with van der Waals surface area (Å²) >= 11 is 0. The van der Waals surface area contributed by atoms with Crippen LogP contribution in [0.4, 0.5) is 0 Å². The summed E-state index contributed by atoms with van der Waals surface area (Å²) < 4.78 is 13.2. The van der Waals surface area contributed by atoms with E-state index in [1.807, 2.05) is 66.7 Å². The van der Waals surface area contributed by atoms with Crippen LogP contribution in [0.5, 0.6) is 0 Å². The van der Waals surface area contributed by atoms with Crippen molar-refractivity contribution >= 4 is 5.91 Å². The lowest BCUT2D eigenvalue weighted by Gasteiger charge is -2.40. The number of carbonyl (C=O) groups is 1. The number of ether oxygens (including phenoxy) is 2. The van der Waals surface area contributed by atoms with Crippen molar-refractivity contribution in [3.63, 3.8) is 0 Å². The molecule has 6 rings (SSSR count). The Bertz CT molecular complexity index is 1460. The maximum Gasteiger partial charge on any atom is 0.251 e. The molecule has 0 aliphatic carbocycles. The highest BCUT2D eigenvalue weighted by Gasteiger charge is 2.33. The molecule has 2 aliphatic heterocycles. The molecule has 0 spiro atoms. The number of nitrogens with one attached hydrogen (secondary N) is 1. The molecule has 2 heterocycles. The molecule has 4 aromatic rings. The van der Waals surface area contributed by atoms with Crippen LogP contribution < -0.4 is 5.32 Å². The maximum absolute atomic E-state index is 12.5. The highest BCUT2D eigenvalue weighted by atomic mass is 16.7. The first-order valence-electron chi connectivity index (χ1n) is 15.5. The molecule has 7 nitrogen and oxygen atoms in total. The highest BCUT2D eigenvalue weighted by Crippen LogP contribution is 2.38. The molecule has 228 valence electrons. The Morgan fingerprint density at radius 1 is 0.705 bits per heavy atom. The molecule has 3 unspecified atom stereocenters. The number of piperazine rings is 1. The molecule has 3 atom stereocenters. The molecule has 1 amide bonds. The number of hydrogen-bond acceptors (Lipinski definition) is 6. The SMILES string of the molecule is O=C(NCc1ccc(C2OC(CN3CCN(Cc4ccccc4)CC3)CC(c3ccc(CO)cc3)O2)cc1)c1ccccc1. The van der Waals surface area contributed by atoms with E-state index >= 15 is 0 Å². The average molecular weight is 592 g/mol. The van der Waals surface area contributed by atoms with E-state index in [1.54, 1.807) is 0 Å². The number of aliphatic hydroxyl groups is 1. The molecule has 0 radical (unpaired) electrons. The van der Waals surface area contributed by atoms with Gasteiger partial charge in [0.15, 0.2) is 6.29 Å². The summed E-state index contributed by atoms with van der Waals surface area (Å²) in [6, 6.07) is 36.1. The number of hydrogen-bond donors (Lipinski definition) is 2. The third kappa shape index (κ3) is 8.00. The van der Waals surface area contributed by atoms with Crippen LogP contribution in [0.2, 0.25) is 0 Å². The standard InChI is InChI=1S/C37H41N3O4/c41-27-30-13-15-31(16-14-30)35-23-34(26-40-21-19-39(20-22-40)25-29-7-3-1-4-8-29)43-37(44-35)33-17-11-28(12-18-33)24-38-36(42)32-9-5-2-6-10-32/h1-18,34-35,37,41H,19-27H2,(H,38,42). The van der Waals surface area contributed by atoms with Crippen molar-refractivity contribution in [2.45, 2.75) is 44.6 Å². The number of carbonyl (C=O) groups excluding carboxylic acids is 1. The largest absolute Gasteiger partial charge is 0.392 e. The molecule has 2 N–H and O–H groups in total. The fourth-order valence-electron chi connectivity index (χ4n) is 5.96. The monoisotopic (exact) mass is 591 g/mol. The Morgan fingerprint density at radius 3 is 2.00 bits per heavy atom. The minimum absolute atomic E-state index is 0.0155. The van der Waals surface area contributed by atoms with E-state index in [2.05, 4.69) is 57.6 Å². The second kappa shape index (κ2) is 14.8. The van der Waals surface area contributed by atoms with Crippen molar-refractivity contribution in [1.82, 2.24) is 15.1 Å². The van der Waals surface area contributed by atoms with E-state index in [0.717, 1.165) is 67.9 Å². The molecular formula is C37H41N3O4. The zero-order valence-corrected chi connectivity index (χ0v) is 25.1. The van der Waals surface area contributed by atoms with Crippen LogP contribution in [-0.4, -0.2) is 59.6 Å². The fraction of sp³-hybridized carbons (Fsp3) is 0.324. The van der Waals surface area contributed by atoms with Gasteiger partial charge in [0.05, 0.1) is 18.8 Å². The summed E-state index contributed by atoms with van der Waals surface area (Å²) in [6.07, 6.45) is 0.170. The number of rotatable bonds is 10. The number of benzene rings is 4. The van der Waals surface area contributed by atoms with E-state index in [1.165, 1.54) is 5.56 Å². The Kier molecular flexibility index (Phi) is 10.1. The minimum atomic E-state index is -0.497. The summed E-state index contributed by atoms with van der Waals surface area (Å²) in [5.74, 6) is -0.0903. The second-order valence-corrected chi connectivity index (χ2v) is 11.7. The first-order chi connectivity index (χ1) is 21.6. The first-order valence-corrected chi connectivity index (χ1v) is 15.5. The molecule has 2 fully saturated rings. The molecule has 0 aromatic heterocycles. The van der Waals surface area contributed by atoms with Gasteiger partial charge in [-0.05, 0) is 34.4 Å². The highest BCUT2D eigenvalue weighted by molar-refractivity contribution is 5.94. The van der Waals surface area contributed by atoms with Gasteiger partial charge in [0.2, 0.25) is 0 Å². The molecule has 44 heavy (non-hydrogen) atoms. The van der Waals surface area contributed by atoms with Gasteiger partial charge in [-0.1, -0.05) is 97.1 Å². The minimum Gasteiger partial charge on any atom is -0.392 e. The molecule has 0 saturated carbocycles. The lowest BCUT2D eigenvalue weighted by molar-refractivity contribution is -0.253. The van der Waals surface area contributed by atoms with Gasteiger partial charge in [0.25, 0.3) is 5.91 Å². The normalized spacial score (nSPS) is 21.2. The third-order valence-electron chi connectivity index (χ3n) is 8.53. The summed E-state index contributed by atoms with van der Waals surface area (Å²) in [5.41, 5.74) is 5.95. The van der Waals surface area contributed by atoms with Gasteiger partial charge in [-0.3, -0.25) is 14.6 Å². The molecule has 0 bridgehead atoms. The van der Waals surface area contributed by atoms with E-state index in [0.29, 0.717) is 12.1 Å². The van der Waals surface area contributed by atoms with Crippen LogP contribution in [0, 0.1) is 0 Å². The van der Waals surface area contributed by atoms with Crippen LogP contribution in [0.1, 0.15) is 57.0 Å².